The van der Waals surface area contributed by atoms with Crippen molar-refractivity contribution in [1.29, 1.82) is 0 Å². The number of rotatable bonds is 11. The first kappa shape index (κ1) is 33.8. The molecule has 1 aliphatic carbocycles. The predicted molar refractivity (Wildman–Crippen MR) is 150 cm³/mol. The number of fused-ring (bicyclic) bond motifs is 1. The maximum Gasteiger partial charge on any atom is 0.408 e. The standard InChI is InChI=1S/C29H46N4O8/c1-11-12-13-17(21(35)24(37)30-14-18(34)40-10)31-23(36)20-19-16(29(19,8)9)15-33(20)25(38)22(27(2,3)4)32-26(39)41-28(5,6)7/h11,16-17,19-20,22H,1,12-15H2,2-10H3,(H,30,37)(H,31,36)(H,32,39)/t16-,17?,19?,20-,22-/m0/s1. The van der Waals surface area contributed by atoms with Gasteiger partial charge in [0.05, 0.1) is 13.2 Å². The molecule has 0 bridgehead atoms. The summed E-state index contributed by atoms with van der Waals surface area (Å²) in [5.41, 5.74) is -1.70. The fourth-order valence-electron chi connectivity index (χ4n) is 5.33. The van der Waals surface area contributed by atoms with E-state index in [2.05, 4.69) is 27.3 Å². The highest BCUT2D eigenvalue weighted by atomic mass is 16.6. The molecule has 5 atom stereocenters. The number of carbonyl (C=O) groups is 6. The second-order valence-electron chi connectivity index (χ2n) is 13.4. The average Bonchev–Trinajstić information content (AvgIpc) is 3.17. The van der Waals surface area contributed by atoms with E-state index >= 15 is 0 Å². The van der Waals surface area contributed by atoms with Crippen LogP contribution in [0.25, 0.3) is 0 Å². The van der Waals surface area contributed by atoms with Gasteiger partial charge < -0.3 is 30.3 Å². The second kappa shape index (κ2) is 12.6. The van der Waals surface area contributed by atoms with Crippen LogP contribution in [0.3, 0.4) is 0 Å². The number of nitrogens with one attached hydrogen (secondary N) is 3. The van der Waals surface area contributed by atoms with Gasteiger partial charge in [-0.05, 0) is 56.3 Å². The summed E-state index contributed by atoms with van der Waals surface area (Å²) in [6.07, 6.45) is 1.24. The highest BCUT2D eigenvalue weighted by Crippen LogP contribution is 2.65. The predicted octanol–water partition coefficient (Wildman–Crippen LogP) is 1.72. The van der Waals surface area contributed by atoms with Crippen LogP contribution in [0.2, 0.25) is 0 Å². The quantitative estimate of drug-likeness (QED) is 0.190. The van der Waals surface area contributed by atoms with Gasteiger partial charge in [-0.1, -0.05) is 40.7 Å². The third-order valence-electron chi connectivity index (χ3n) is 7.67. The van der Waals surface area contributed by atoms with Gasteiger partial charge in [0.15, 0.2) is 0 Å². The summed E-state index contributed by atoms with van der Waals surface area (Å²) >= 11 is 0. The van der Waals surface area contributed by atoms with Gasteiger partial charge in [-0.25, -0.2) is 4.79 Å². The third-order valence-corrected chi connectivity index (χ3v) is 7.67. The van der Waals surface area contributed by atoms with Crippen LogP contribution in [0.1, 0.15) is 68.2 Å². The number of amides is 4. The van der Waals surface area contributed by atoms with E-state index in [1.807, 2.05) is 13.8 Å². The molecule has 230 valence electrons. The minimum Gasteiger partial charge on any atom is -0.468 e. The van der Waals surface area contributed by atoms with E-state index in [4.69, 9.17) is 4.74 Å². The highest BCUT2D eigenvalue weighted by molar-refractivity contribution is 6.38. The van der Waals surface area contributed by atoms with Gasteiger partial charge in [0.1, 0.15) is 24.2 Å². The number of carbonyl (C=O) groups excluding carboxylic acids is 6. The number of hydrogen-bond donors (Lipinski definition) is 3. The smallest absolute Gasteiger partial charge is 0.408 e. The Morgan fingerprint density at radius 1 is 1.05 bits per heavy atom. The number of esters is 1. The number of hydrogen-bond acceptors (Lipinski definition) is 8. The molecule has 0 aromatic heterocycles. The van der Waals surface area contributed by atoms with Crippen molar-refractivity contribution >= 4 is 35.6 Å². The van der Waals surface area contributed by atoms with Crippen molar-refractivity contribution in [3.8, 4) is 0 Å². The zero-order chi connectivity index (χ0) is 31.5. The molecule has 1 saturated heterocycles. The summed E-state index contributed by atoms with van der Waals surface area (Å²) in [4.78, 5) is 78.6. The van der Waals surface area contributed by atoms with Crippen molar-refractivity contribution in [2.24, 2.45) is 22.7 Å². The topological polar surface area (TPSA) is 160 Å². The van der Waals surface area contributed by atoms with Crippen molar-refractivity contribution in [3.05, 3.63) is 12.7 Å². The fourth-order valence-corrected chi connectivity index (χ4v) is 5.33. The first-order valence-corrected chi connectivity index (χ1v) is 13.9. The van der Waals surface area contributed by atoms with Gasteiger partial charge in [-0.15, -0.1) is 6.58 Å². The Kier molecular flexibility index (Phi) is 10.4. The van der Waals surface area contributed by atoms with Crippen molar-refractivity contribution in [1.82, 2.24) is 20.9 Å². The number of alkyl carbamates (subject to hydrolysis) is 1. The van der Waals surface area contributed by atoms with Crippen LogP contribution in [0, 0.1) is 22.7 Å². The Balaban J connectivity index is 2.30. The van der Waals surface area contributed by atoms with E-state index in [0.29, 0.717) is 13.0 Å². The van der Waals surface area contributed by atoms with Crippen LogP contribution in [0.4, 0.5) is 4.79 Å². The number of piperidine rings is 1. The second-order valence-corrected chi connectivity index (χ2v) is 13.4. The molecule has 12 nitrogen and oxygen atoms in total. The molecule has 0 radical (unpaired) electrons. The molecule has 0 aromatic rings. The van der Waals surface area contributed by atoms with Crippen molar-refractivity contribution < 1.29 is 38.2 Å². The molecule has 1 saturated carbocycles. The third kappa shape index (κ3) is 8.29. The van der Waals surface area contributed by atoms with E-state index in [0.717, 1.165) is 7.11 Å². The minimum absolute atomic E-state index is 0.0510. The molecular weight excluding hydrogens is 532 g/mol. The monoisotopic (exact) mass is 578 g/mol. The average molecular weight is 579 g/mol. The molecule has 2 rings (SSSR count). The lowest BCUT2D eigenvalue weighted by atomic mass is 9.85. The van der Waals surface area contributed by atoms with Crippen LogP contribution in [-0.4, -0.2) is 84.4 Å². The Hall–Kier alpha value is -3.44. The number of methoxy groups -OCH3 is 1. The molecule has 1 heterocycles. The van der Waals surface area contributed by atoms with Crippen LogP contribution in [-0.2, 0) is 33.4 Å². The fraction of sp³-hybridized carbons (Fsp3) is 0.724. The largest absolute Gasteiger partial charge is 0.468 e. The Morgan fingerprint density at radius 2 is 1.66 bits per heavy atom. The molecule has 41 heavy (non-hydrogen) atoms. The molecule has 0 aromatic carbocycles. The van der Waals surface area contributed by atoms with Gasteiger partial charge in [-0.3, -0.25) is 24.0 Å². The summed E-state index contributed by atoms with van der Waals surface area (Å²) in [5, 5.41) is 7.57. The van der Waals surface area contributed by atoms with Crippen LogP contribution < -0.4 is 16.0 Å². The lowest BCUT2D eigenvalue weighted by Crippen LogP contribution is -2.60. The van der Waals surface area contributed by atoms with Gasteiger partial charge in [0.25, 0.3) is 5.91 Å². The summed E-state index contributed by atoms with van der Waals surface area (Å²) in [7, 11) is 1.15. The molecule has 3 N–H and O–H groups in total. The number of Topliss-reactive ketones (excluding diaryl/α,β-unsaturated/α-hetero) is 1. The number of nitrogens with zero attached hydrogens (tertiary/aromatic N) is 1. The van der Waals surface area contributed by atoms with E-state index in [9.17, 15) is 28.8 Å². The van der Waals surface area contributed by atoms with E-state index in [1.165, 1.54) is 4.90 Å². The van der Waals surface area contributed by atoms with E-state index in [1.54, 1.807) is 47.6 Å². The number of likely N-dealkylation sites (tertiary alicyclic amines) is 1. The maximum absolute atomic E-state index is 14.0. The van der Waals surface area contributed by atoms with E-state index < -0.39 is 71.3 Å². The molecular formula is C29H46N4O8. The molecule has 0 spiro atoms. The van der Waals surface area contributed by atoms with Crippen molar-refractivity contribution in [2.45, 2.75) is 92.0 Å². The number of allylic oxidation sites excluding steroid dienone is 1. The summed E-state index contributed by atoms with van der Waals surface area (Å²) in [5.74, 6) is -3.81. The maximum atomic E-state index is 14.0. The Labute approximate surface area is 242 Å². The summed E-state index contributed by atoms with van der Waals surface area (Å²) < 4.78 is 9.86. The summed E-state index contributed by atoms with van der Waals surface area (Å²) in [6.45, 7) is 18.1. The normalized spacial score (nSPS) is 22.4. The molecule has 2 unspecified atom stereocenters. The molecule has 12 heteroatoms. The summed E-state index contributed by atoms with van der Waals surface area (Å²) in [6, 6.07) is -3.10. The highest BCUT2D eigenvalue weighted by Gasteiger charge is 2.70. The van der Waals surface area contributed by atoms with Crippen LogP contribution >= 0.6 is 0 Å². The van der Waals surface area contributed by atoms with Gasteiger partial charge in [-0.2, -0.15) is 0 Å². The lowest BCUT2D eigenvalue weighted by molar-refractivity contribution is -0.146. The Bertz CT molecular complexity index is 1070. The van der Waals surface area contributed by atoms with E-state index in [-0.39, 0.29) is 23.7 Å². The SMILES string of the molecule is C=CCCC(NC(=O)[C@@H]1C2[C@H](CN1C(=O)[C@H](NC(=O)OC(C)(C)C)C(C)(C)C)C2(C)C)C(=O)C(=O)NCC(=O)OC. The van der Waals surface area contributed by atoms with Gasteiger partial charge in [0.2, 0.25) is 17.6 Å². The minimum atomic E-state index is -1.20. The number of ether oxygens (including phenoxy) is 2. The molecule has 2 fully saturated rings. The molecule has 2 aliphatic rings. The first-order chi connectivity index (χ1) is 18.8. The first-order valence-electron chi connectivity index (χ1n) is 13.9. The van der Waals surface area contributed by atoms with Gasteiger partial charge >= 0.3 is 12.1 Å². The zero-order valence-corrected chi connectivity index (χ0v) is 25.7. The lowest BCUT2D eigenvalue weighted by Gasteiger charge is -2.38. The number of ketones is 1. The molecule has 4 amide bonds. The van der Waals surface area contributed by atoms with Gasteiger partial charge in [0, 0.05) is 6.54 Å². The zero-order valence-electron chi connectivity index (χ0n) is 25.7. The van der Waals surface area contributed by atoms with Crippen molar-refractivity contribution in [2.75, 3.05) is 20.2 Å². The van der Waals surface area contributed by atoms with Crippen molar-refractivity contribution in [3.63, 3.8) is 0 Å². The van der Waals surface area contributed by atoms with Crippen LogP contribution in [0.5, 0.6) is 0 Å². The Morgan fingerprint density at radius 3 is 2.17 bits per heavy atom. The molecule has 1 aliphatic heterocycles. The van der Waals surface area contributed by atoms with Crippen LogP contribution in [0.15, 0.2) is 12.7 Å².